The maximum atomic E-state index is 14.5. The first kappa shape index (κ1) is 25.2. The number of hydrogen-bond acceptors (Lipinski definition) is 4. The van der Waals surface area contributed by atoms with Crippen LogP contribution in [0.3, 0.4) is 0 Å². The SMILES string of the molecule is CCCCCc1ccc(C(=O)[C@@H]2[C@H](C(C)=O)N3c4ccc(F)cc4C=C[C@@H]3[C@]23C(=O)Nc2ccccc23)cc1. The fraction of sp³-hybridized carbons (Fsp3) is 0.303. The van der Waals surface area contributed by atoms with Gasteiger partial charge in [0.1, 0.15) is 11.2 Å². The first-order chi connectivity index (χ1) is 18.9. The number of nitrogens with one attached hydrogen (secondary N) is 1. The molecule has 3 heterocycles. The Morgan fingerprint density at radius 1 is 1.03 bits per heavy atom. The summed E-state index contributed by atoms with van der Waals surface area (Å²) in [5, 5.41) is 3.01. The highest BCUT2D eigenvalue weighted by atomic mass is 19.1. The van der Waals surface area contributed by atoms with E-state index in [1.807, 2.05) is 59.5 Å². The summed E-state index contributed by atoms with van der Waals surface area (Å²) in [6, 6.07) is 17.9. The van der Waals surface area contributed by atoms with Gasteiger partial charge in [-0.2, -0.15) is 0 Å². The number of unbranched alkanes of at least 4 members (excludes halogenated alkanes) is 2. The van der Waals surface area contributed by atoms with Crippen molar-refractivity contribution in [3.05, 3.63) is 101 Å². The van der Waals surface area contributed by atoms with Crippen molar-refractivity contribution in [1.29, 1.82) is 0 Å². The molecule has 0 saturated carbocycles. The average Bonchev–Trinajstić information content (AvgIpc) is 3.41. The fourth-order valence-electron chi connectivity index (χ4n) is 6.90. The van der Waals surface area contributed by atoms with Gasteiger partial charge in [0.25, 0.3) is 0 Å². The van der Waals surface area contributed by atoms with Crippen molar-refractivity contribution in [2.45, 2.75) is 57.0 Å². The van der Waals surface area contributed by atoms with Crippen LogP contribution in [0.5, 0.6) is 0 Å². The van der Waals surface area contributed by atoms with Gasteiger partial charge in [0.05, 0.1) is 18.0 Å². The molecule has 39 heavy (non-hydrogen) atoms. The van der Waals surface area contributed by atoms with Crippen molar-refractivity contribution in [2.75, 3.05) is 10.2 Å². The number of aryl methyl sites for hydroxylation is 1. The molecule has 0 bridgehead atoms. The molecule has 198 valence electrons. The monoisotopic (exact) mass is 522 g/mol. The van der Waals surface area contributed by atoms with Crippen LogP contribution in [-0.4, -0.2) is 29.6 Å². The Labute approximate surface area is 227 Å². The number of amides is 1. The molecule has 0 radical (unpaired) electrons. The molecule has 0 unspecified atom stereocenters. The molecule has 3 aliphatic heterocycles. The second-order valence-corrected chi connectivity index (χ2v) is 10.8. The Hall–Kier alpha value is -4.06. The smallest absolute Gasteiger partial charge is 0.238 e. The average molecular weight is 523 g/mol. The van der Waals surface area contributed by atoms with Crippen LogP contribution in [0.25, 0.3) is 6.08 Å². The van der Waals surface area contributed by atoms with Crippen LogP contribution in [0.2, 0.25) is 0 Å². The highest BCUT2D eigenvalue weighted by Gasteiger charge is 2.69. The second kappa shape index (κ2) is 9.60. The summed E-state index contributed by atoms with van der Waals surface area (Å²) in [6.07, 6.45) is 7.96. The van der Waals surface area contributed by atoms with Gasteiger partial charge in [-0.1, -0.05) is 74.4 Å². The quantitative estimate of drug-likeness (QED) is 0.300. The molecule has 0 aromatic heterocycles. The lowest BCUT2D eigenvalue weighted by Crippen LogP contribution is -2.51. The lowest BCUT2D eigenvalue weighted by atomic mass is 9.64. The van der Waals surface area contributed by atoms with Gasteiger partial charge in [0.15, 0.2) is 11.6 Å². The predicted molar refractivity (Wildman–Crippen MR) is 150 cm³/mol. The zero-order valence-corrected chi connectivity index (χ0v) is 22.1. The summed E-state index contributed by atoms with van der Waals surface area (Å²) in [6.45, 7) is 3.64. The number of anilines is 2. The van der Waals surface area contributed by atoms with Crippen molar-refractivity contribution < 1.29 is 18.8 Å². The Kier molecular flexibility index (Phi) is 6.21. The Bertz CT molecular complexity index is 1510. The number of fused-ring (bicyclic) bond motifs is 6. The van der Waals surface area contributed by atoms with Crippen molar-refractivity contribution in [1.82, 2.24) is 0 Å². The zero-order valence-electron chi connectivity index (χ0n) is 22.1. The summed E-state index contributed by atoms with van der Waals surface area (Å²) in [5.74, 6) is -2.12. The number of nitrogens with zero attached hydrogens (tertiary/aromatic N) is 1. The van der Waals surface area contributed by atoms with Gasteiger partial charge in [0, 0.05) is 22.5 Å². The fourth-order valence-corrected chi connectivity index (χ4v) is 6.90. The summed E-state index contributed by atoms with van der Waals surface area (Å²) in [4.78, 5) is 43.9. The predicted octanol–water partition coefficient (Wildman–Crippen LogP) is 6.12. The van der Waals surface area contributed by atoms with Gasteiger partial charge in [-0.15, -0.1) is 0 Å². The molecule has 3 aliphatic rings. The Morgan fingerprint density at radius 2 is 1.79 bits per heavy atom. The third-order valence-electron chi connectivity index (χ3n) is 8.60. The molecular weight excluding hydrogens is 491 g/mol. The number of carbonyl (C=O) groups is 3. The normalized spacial score (nSPS) is 24.3. The molecule has 1 fully saturated rings. The number of hydrogen-bond donors (Lipinski definition) is 1. The number of rotatable bonds is 7. The van der Waals surface area contributed by atoms with Gasteiger partial charge in [-0.25, -0.2) is 4.39 Å². The van der Waals surface area contributed by atoms with E-state index < -0.39 is 23.4 Å². The number of halogens is 1. The molecule has 3 aromatic carbocycles. The van der Waals surface area contributed by atoms with Crippen LogP contribution < -0.4 is 10.2 Å². The largest absolute Gasteiger partial charge is 0.352 e. The van der Waals surface area contributed by atoms with E-state index >= 15 is 0 Å². The Balaban J connectivity index is 1.52. The van der Waals surface area contributed by atoms with E-state index in [2.05, 4.69) is 12.2 Å². The highest BCUT2D eigenvalue weighted by molar-refractivity contribution is 6.16. The minimum atomic E-state index is -1.33. The van der Waals surface area contributed by atoms with Crippen LogP contribution >= 0.6 is 0 Å². The third-order valence-corrected chi connectivity index (χ3v) is 8.60. The number of para-hydroxylation sites is 1. The molecule has 1 amide bonds. The number of Topliss-reactive ketones (excluding diaryl/α,β-unsaturated/α-hetero) is 2. The first-order valence-electron chi connectivity index (χ1n) is 13.7. The summed E-state index contributed by atoms with van der Waals surface area (Å²) in [5.41, 5.74) is 2.92. The second-order valence-electron chi connectivity index (χ2n) is 10.8. The van der Waals surface area contributed by atoms with Crippen LogP contribution in [-0.2, 0) is 21.4 Å². The van der Waals surface area contributed by atoms with Gasteiger partial charge in [-0.3, -0.25) is 14.4 Å². The van der Waals surface area contributed by atoms with E-state index in [0.29, 0.717) is 28.1 Å². The van der Waals surface area contributed by atoms with E-state index in [-0.39, 0.29) is 23.3 Å². The number of carbonyl (C=O) groups excluding carboxylic acids is 3. The molecule has 1 spiro atoms. The molecule has 6 rings (SSSR count). The van der Waals surface area contributed by atoms with Crippen molar-refractivity contribution >= 4 is 34.9 Å². The van der Waals surface area contributed by atoms with E-state index in [1.165, 1.54) is 19.1 Å². The minimum Gasteiger partial charge on any atom is -0.352 e. The minimum absolute atomic E-state index is 0.214. The maximum Gasteiger partial charge on any atom is 0.238 e. The molecule has 3 aromatic rings. The number of benzene rings is 3. The summed E-state index contributed by atoms with van der Waals surface area (Å²) >= 11 is 0. The van der Waals surface area contributed by atoms with Gasteiger partial charge in [-0.05, 0) is 55.2 Å². The van der Waals surface area contributed by atoms with Crippen LogP contribution in [0.4, 0.5) is 15.8 Å². The third kappa shape index (κ3) is 3.76. The summed E-state index contributed by atoms with van der Waals surface area (Å²) in [7, 11) is 0. The van der Waals surface area contributed by atoms with E-state index in [0.717, 1.165) is 31.2 Å². The van der Waals surface area contributed by atoms with Gasteiger partial charge < -0.3 is 10.2 Å². The molecular formula is C33H31FN2O3. The van der Waals surface area contributed by atoms with Crippen molar-refractivity contribution in [3.8, 4) is 0 Å². The summed E-state index contributed by atoms with van der Waals surface area (Å²) < 4.78 is 14.2. The number of ketones is 2. The molecule has 4 atom stereocenters. The molecule has 6 heteroatoms. The molecule has 0 aliphatic carbocycles. The molecule has 1 N–H and O–H groups in total. The Morgan fingerprint density at radius 3 is 2.54 bits per heavy atom. The highest BCUT2D eigenvalue weighted by Crippen LogP contribution is 2.57. The maximum absolute atomic E-state index is 14.5. The van der Waals surface area contributed by atoms with E-state index in [1.54, 1.807) is 12.1 Å². The van der Waals surface area contributed by atoms with E-state index in [4.69, 9.17) is 0 Å². The topological polar surface area (TPSA) is 66.5 Å². The van der Waals surface area contributed by atoms with Crippen LogP contribution in [0.15, 0.2) is 72.8 Å². The first-order valence-corrected chi connectivity index (χ1v) is 13.7. The van der Waals surface area contributed by atoms with E-state index in [9.17, 15) is 18.8 Å². The standard InChI is InChI=1S/C33H31FN2O3/c1-3-4-5-8-21-11-13-22(14-12-21)31(38)29-30(20(2)37)36-27-17-16-24(34)19-23(27)15-18-28(36)33(29)25-9-6-7-10-26(25)35-32(33)39/h6-7,9-19,28-30H,3-5,8H2,1-2H3,(H,35,39)/t28-,29+,30+,33+/m1/s1. The molecule has 1 saturated heterocycles. The lowest BCUT2D eigenvalue weighted by Gasteiger charge is -2.37. The van der Waals surface area contributed by atoms with Crippen LogP contribution in [0, 0.1) is 11.7 Å². The van der Waals surface area contributed by atoms with Gasteiger partial charge >= 0.3 is 0 Å². The lowest BCUT2D eigenvalue weighted by molar-refractivity contribution is -0.122. The van der Waals surface area contributed by atoms with Crippen molar-refractivity contribution in [3.63, 3.8) is 0 Å². The molecule has 5 nitrogen and oxygen atoms in total. The van der Waals surface area contributed by atoms with Crippen LogP contribution in [0.1, 0.15) is 60.2 Å². The van der Waals surface area contributed by atoms with Gasteiger partial charge in [0.2, 0.25) is 5.91 Å². The van der Waals surface area contributed by atoms with Crippen molar-refractivity contribution in [2.24, 2.45) is 5.92 Å². The zero-order chi connectivity index (χ0) is 27.3.